The Bertz CT molecular complexity index is 860. The van der Waals surface area contributed by atoms with Gasteiger partial charge in [-0.3, -0.25) is 4.79 Å². The van der Waals surface area contributed by atoms with Crippen LogP contribution < -0.4 is 5.32 Å². The zero-order valence-corrected chi connectivity index (χ0v) is 17.7. The van der Waals surface area contributed by atoms with E-state index >= 15 is 0 Å². The van der Waals surface area contributed by atoms with Gasteiger partial charge in [0.2, 0.25) is 10.0 Å². The molecule has 1 saturated heterocycles. The van der Waals surface area contributed by atoms with E-state index in [0.717, 1.165) is 25.0 Å². The molecule has 166 valence electrons. The van der Waals surface area contributed by atoms with E-state index in [-0.39, 0.29) is 23.5 Å². The normalized spacial score (nSPS) is 18.7. The molecule has 10 heteroatoms. The van der Waals surface area contributed by atoms with Crippen molar-refractivity contribution < 1.29 is 32.6 Å². The van der Waals surface area contributed by atoms with Gasteiger partial charge >= 0.3 is 5.97 Å². The molecule has 1 amide bonds. The summed E-state index contributed by atoms with van der Waals surface area (Å²) >= 11 is 0. The number of morpholine rings is 1. The Labute approximate surface area is 176 Å². The van der Waals surface area contributed by atoms with Crippen LogP contribution in [0.5, 0.6) is 5.75 Å². The fourth-order valence-corrected chi connectivity index (χ4v) is 5.12. The molecule has 0 unspecified atom stereocenters. The van der Waals surface area contributed by atoms with Crippen molar-refractivity contribution in [3.05, 3.63) is 23.8 Å². The van der Waals surface area contributed by atoms with Crippen LogP contribution in [0, 0.1) is 5.92 Å². The van der Waals surface area contributed by atoms with Crippen molar-refractivity contribution >= 4 is 21.9 Å². The van der Waals surface area contributed by atoms with Gasteiger partial charge < -0.3 is 19.9 Å². The number of sulfonamides is 1. The molecular formula is C20H28N2O7S. The van der Waals surface area contributed by atoms with Crippen molar-refractivity contribution in [2.45, 2.75) is 37.0 Å². The first-order valence-corrected chi connectivity index (χ1v) is 11.7. The molecule has 30 heavy (non-hydrogen) atoms. The monoisotopic (exact) mass is 440 g/mol. The summed E-state index contributed by atoms with van der Waals surface area (Å²) in [5, 5.41) is 12.7. The second-order valence-corrected chi connectivity index (χ2v) is 9.52. The Balaban J connectivity index is 1.58. The summed E-state index contributed by atoms with van der Waals surface area (Å²) in [6, 6.07) is 3.43. The summed E-state index contributed by atoms with van der Waals surface area (Å²) < 4.78 is 36.9. The molecule has 9 nitrogen and oxygen atoms in total. The SMILES string of the molecule is O=C(COC(=O)c1cc(S(=O)(=O)N2CCOCC2)ccc1O)NCC1CCCCC1. The second-order valence-electron chi connectivity index (χ2n) is 7.58. The van der Waals surface area contributed by atoms with Gasteiger partial charge in [-0.25, -0.2) is 13.2 Å². The largest absolute Gasteiger partial charge is 0.507 e. The molecule has 1 saturated carbocycles. The lowest BCUT2D eigenvalue weighted by molar-refractivity contribution is -0.124. The van der Waals surface area contributed by atoms with Crippen molar-refractivity contribution in [1.29, 1.82) is 0 Å². The lowest BCUT2D eigenvalue weighted by Crippen LogP contribution is -2.40. The number of phenolic OH excluding ortho intramolecular Hbond substituents is 1. The number of nitrogens with one attached hydrogen (secondary N) is 1. The fourth-order valence-electron chi connectivity index (χ4n) is 3.68. The number of rotatable bonds is 7. The quantitative estimate of drug-likeness (QED) is 0.612. The van der Waals surface area contributed by atoms with Crippen LogP contribution in [0.3, 0.4) is 0 Å². The maximum absolute atomic E-state index is 12.7. The molecule has 1 aliphatic heterocycles. The maximum atomic E-state index is 12.7. The second kappa shape index (κ2) is 10.2. The number of hydrogen-bond acceptors (Lipinski definition) is 7. The molecule has 0 radical (unpaired) electrons. The van der Waals surface area contributed by atoms with Gasteiger partial charge in [-0.05, 0) is 37.0 Å². The van der Waals surface area contributed by atoms with Gasteiger partial charge in [-0.1, -0.05) is 19.3 Å². The van der Waals surface area contributed by atoms with Gasteiger partial charge in [0, 0.05) is 19.6 Å². The number of benzene rings is 1. The molecule has 0 bridgehead atoms. The lowest BCUT2D eigenvalue weighted by Gasteiger charge is -2.26. The van der Waals surface area contributed by atoms with E-state index in [0.29, 0.717) is 25.7 Å². The molecule has 0 spiro atoms. The molecule has 1 heterocycles. The van der Waals surface area contributed by atoms with Gasteiger partial charge in [-0.15, -0.1) is 0 Å². The van der Waals surface area contributed by atoms with Gasteiger partial charge in [0.1, 0.15) is 11.3 Å². The average Bonchev–Trinajstić information content (AvgIpc) is 2.77. The summed E-state index contributed by atoms with van der Waals surface area (Å²) in [5.41, 5.74) is -0.301. The van der Waals surface area contributed by atoms with E-state index < -0.39 is 34.3 Å². The number of carbonyl (C=O) groups excluding carboxylic acids is 2. The first kappa shape index (κ1) is 22.5. The Morgan fingerprint density at radius 2 is 1.87 bits per heavy atom. The Morgan fingerprint density at radius 1 is 1.17 bits per heavy atom. The van der Waals surface area contributed by atoms with E-state index in [2.05, 4.69) is 5.32 Å². The van der Waals surface area contributed by atoms with Crippen molar-refractivity contribution in [3.8, 4) is 5.75 Å². The zero-order valence-electron chi connectivity index (χ0n) is 16.8. The Kier molecular flexibility index (Phi) is 7.68. The topological polar surface area (TPSA) is 122 Å². The van der Waals surface area contributed by atoms with Crippen LogP contribution in [0.1, 0.15) is 42.5 Å². The third kappa shape index (κ3) is 5.71. The van der Waals surface area contributed by atoms with Gasteiger partial charge in [-0.2, -0.15) is 4.31 Å². The van der Waals surface area contributed by atoms with E-state index in [1.165, 1.54) is 29.6 Å². The van der Waals surface area contributed by atoms with Crippen LogP contribution in [0.15, 0.2) is 23.1 Å². The van der Waals surface area contributed by atoms with Crippen molar-refractivity contribution in [3.63, 3.8) is 0 Å². The van der Waals surface area contributed by atoms with Crippen LogP contribution in [-0.4, -0.2) is 69.2 Å². The number of ether oxygens (including phenoxy) is 2. The molecule has 0 atom stereocenters. The highest BCUT2D eigenvalue weighted by Gasteiger charge is 2.28. The van der Waals surface area contributed by atoms with E-state index in [9.17, 15) is 23.1 Å². The molecular weight excluding hydrogens is 412 g/mol. The van der Waals surface area contributed by atoms with Crippen LogP contribution in [-0.2, 0) is 24.3 Å². The predicted octanol–water partition coefficient (Wildman–Crippen LogP) is 1.27. The summed E-state index contributed by atoms with van der Waals surface area (Å²) in [5.74, 6) is -1.35. The van der Waals surface area contributed by atoms with Crippen molar-refractivity contribution in [2.75, 3.05) is 39.5 Å². The fraction of sp³-hybridized carbons (Fsp3) is 0.600. The van der Waals surface area contributed by atoms with Crippen LogP contribution in [0.2, 0.25) is 0 Å². The molecule has 1 aromatic rings. The van der Waals surface area contributed by atoms with Gasteiger partial charge in [0.25, 0.3) is 5.91 Å². The lowest BCUT2D eigenvalue weighted by atomic mass is 9.89. The van der Waals surface area contributed by atoms with Crippen molar-refractivity contribution in [1.82, 2.24) is 9.62 Å². The number of nitrogens with zero attached hydrogens (tertiary/aromatic N) is 1. The number of amides is 1. The van der Waals surface area contributed by atoms with Crippen LogP contribution in [0.25, 0.3) is 0 Å². The molecule has 2 fully saturated rings. The summed E-state index contributed by atoms with van der Waals surface area (Å²) in [6.07, 6.45) is 5.72. The predicted molar refractivity (Wildman–Crippen MR) is 108 cm³/mol. The van der Waals surface area contributed by atoms with Crippen LogP contribution in [0.4, 0.5) is 0 Å². The molecule has 2 N–H and O–H groups in total. The highest BCUT2D eigenvalue weighted by Crippen LogP contribution is 2.25. The Hall–Kier alpha value is -2.17. The highest BCUT2D eigenvalue weighted by molar-refractivity contribution is 7.89. The highest BCUT2D eigenvalue weighted by atomic mass is 32.2. The number of hydrogen-bond donors (Lipinski definition) is 2. The molecule has 1 aliphatic carbocycles. The molecule has 2 aliphatic rings. The molecule has 3 rings (SSSR count). The van der Waals surface area contributed by atoms with E-state index in [4.69, 9.17) is 9.47 Å². The summed E-state index contributed by atoms with van der Waals surface area (Å²) in [7, 11) is -3.83. The minimum Gasteiger partial charge on any atom is -0.507 e. The smallest absolute Gasteiger partial charge is 0.342 e. The number of phenols is 1. The number of carbonyl (C=O) groups is 2. The Morgan fingerprint density at radius 3 is 2.57 bits per heavy atom. The molecule has 1 aromatic carbocycles. The van der Waals surface area contributed by atoms with Crippen LogP contribution >= 0.6 is 0 Å². The summed E-state index contributed by atoms with van der Waals surface area (Å²) in [6.45, 7) is 1.07. The maximum Gasteiger partial charge on any atom is 0.342 e. The van der Waals surface area contributed by atoms with Crippen molar-refractivity contribution in [2.24, 2.45) is 5.92 Å². The third-order valence-electron chi connectivity index (χ3n) is 5.44. The third-order valence-corrected chi connectivity index (χ3v) is 7.34. The number of esters is 1. The number of aromatic hydroxyl groups is 1. The minimum atomic E-state index is -3.83. The standard InChI is InChI=1S/C20H28N2O7S/c23-18-7-6-16(30(26,27)22-8-10-28-11-9-22)12-17(18)20(25)29-14-19(24)21-13-15-4-2-1-3-5-15/h6-7,12,15,23H,1-5,8-11,13-14H2,(H,21,24). The minimum absolute atomic E-state index is 0.129. The van der Waals surface area contributed by atoms with E-state index in [1.54, 1.807) is 0 Å². The summed E-state index contributed by atoms with van der Waals surface area (Å²) in [4.78, 5) is 24.2. The van der Waals surface area contributed by atoms with E-state index in [1.807, 2.05) is 0 Å². The average molecular weight is 441 g/mol. The zero-order chi connectivity index (χ0) is 21.6. The first-order valence-electron chi connectivity index (χ1n) is 10.2. The molecule has 0 aromatic heterocycles. The van der Waals surface area contributed by atoms with Gasteiger partial charge in [0.05, 0.1) is 18.1 Å². The van der Waals surface area contributed by atoms with Gasteiger partial charge in [0.15, 0.2) is 6.61 Å². The first-order chi connectivity index (χ1) is 14.4.